The van der Waals surface area contributed by atoms with Crippen LogP contribution in [0, 0.1) is 25.7 Å². The SMILES string of the molecule is C=C[C@H]1C2=Cc3[nH]c(c(CCC(=O)O)c3C)C=c3[nH]c(c(C)c3CCC(=O)O)=CC3=C(C)[C@H](C(=C)O)C(=CC(=C1C)N2)N3. The molecule has 3 aliphatic heterocycles. The van der Waals surface area contributed by atoms with Gasteiger partial charge >= 0.3 is 11.9 Å². The second-order valence-electron chi connectivity index (χ2n) is 11.5. The van der Waals surface area contributed by atoms with Crippen LogP contribution in [0.5, 0.6) is 0 Å². The standard InChI is InChI=1S/C34H38N4O5/c1-7-21-16(2)26-14-31-34(20(6)39)19(5)27(38-31)12-24-17(3)22(8-10-32(40)41)29(36-24)15-30-23(9-11-33(42)43)18(4)25(37-30)13-28(21)35-26/h7,12-15,21,34-39H,1,6,8-11H2,2-5H3,(H,40,41)(H,42,43)/t21-,34-/m1/s1. The molecule has 43 heavy (non-hydrogen) atoms. The fourth-order valence-corrected chi connectivity index (χ4v) is 6.33. The Kier molecular flexibility index (Phi) is 7.84. The van der Waals surface area contributed by atoms with Gasteiger partial charge in [-0.1, -0.05) is 12.7 Å². The Balaban J connectivity index is 1.83. The Morgan fingerprint density at radius 3 is 2.02 bits per heavy atom. The van der Waals surface area contributed by atoms with E-state index in [-0.39, 0.29) is 24.5 Å². The first-order valence-corrected chi connectivity index (χ1v) is 14.3. The highest BCUT2D eigenvalue weighted by atomic mass is 16.4. The summed E-state index contributed by atoms with van der Waals surface area (Å²) >= 11 is 0. The lowest BCUT2D eigenvalue weighted by Gasteiger charge is -2.13. The molecule has 0 saturated carbocycles. The van der Waals surface area contributed by atoms with Crippen molar-refractivity contribution in [3.8, 4) is 0 Å². The summed E-state index contributed by atoms with van der Waals surface area (Å²) in [6, 6.07) is 0. The lowest BCUT2D eigenvalue weighted by atomic mass is 9.95. The smallest absolute Gasteiger partial charge is 0.303 e. The van der Waals surface area contributed by atoms with E-state index in [0.29, 0.717) is 12.8 Å². The number of carboxylic acids is 2. The Labute approximate surface area is 250 Å². The third kappa shape index (κ3) is 5.50. The van der Waals surface area contributed by atoms with Crippen molar-refractivity contribution in [1.82, 2.24) is 20.6 Å². The Morgan fingerprint density at radius 1 is 0.767 bits per heavy atom. The van der Waals surface area contributed by atoms with E-state index in [1.54, 1.807) is 0 Å². The van der Waals surface area contributed by atoms with Crippen LogP contribution in [0.2, 0.25) is 0 Å². The van der Waals surface area contributed by atoms with Crippen molar-refractivity contribution in [2.45, 2.75) is 53.4 Å². The molecular weight excluding hydrogens is 544 g/mol. The van der Waals surface area contributed by atoms with Crippen LogP contribution in [-0.4, -0.2) is 37.2 Å². The van der Waals surface area contributed by atoms with Gasteiger partial charge in [0, 0.05) is 63.6 Å². The number of hydrogen-bond acceptors (Lipinski definition) is 5. The molecule has 0 saturated heterocycles. The summed E-state index contributed by atoms with van der Waals surface area (Å²) in [7, 11) is 0. The number of nitrogens with one attached hydrogen (secondary N) is 4. The van der Waals surface area contributed by atoms with Crippen LogP contribution in [0.1, 0.15) is 60.3 Å². The number of rotatable bonds is 8. The first kappa shape index (κ1) is 29.6. The van der Waals surface area contributed by atoms with Gasteiger partial charge in [0.1, 0.15) is 0 Å². The Bertz CT molecular complexity index is 1830. The number of fused-ring (bicyclic) bond motifs is 8. The number of allylic oxidation sites excluding steroid dienone is 3. The number of aromatic nitrogens is 2. The van der Waals surface area contributed by atoms with E-state index in [0.717, 1.165) is 78.3 Å². The molecule has 2 aromatic rings. The number of H-pyrrole nitrogens is 2. The van der Waals surface area contributed by atoms with Crippen LogP contribution in [0.15, 0.2) is 65.0 Å². The number of carboxylic acid groups (broad SMARTS) is 2. The number of aromatic amines is 2. The number of hydrogen-bond donors (Lipinski definition) is 7. The van der Waals surface area contributed by atoms with E-state index in [9.17, 15) is 24.9 Å². The molecule has 3 aliphatic rings. The van der Waals surface area contributed by atoms with Gasteiger partial charge in [-0.2, -0.15) is 0 Å². The maximum atomic E-state index is 11.5. The summed E-state index contributed by atoms with van der Waals surface area (Å²) in [6.07, 6.45) is 10.5. The van der Waals surface area contributed by atoms with E-state index in [1.165, 1.54) is 0 Å². The van der Waals surface area contributed by atoms with Crippen LogP contribution < -0.4 is 21.3 Å². The topological polar surface area (TPSA) is 150 Å². The van der Waals surface area contributed by atoms with Crippen molar-refractivity contribution < 1.29 is 24.9 Å². The van der Waals surface area contributed by atoms with Gasteiger partial charge in [-0.15, -0.1) is 6.58 Å². The number of aliphatic hydroxyl groups is 1. The van der Waals surface area contributed by atoms with Gasteiger partial charge in [0.2, 0.25) is 0 Å². The zero-order valence-electron chi connectivity index (χ0n) is 24.9. The summed E-state index contributed by atoms with van der Waals surface area (Å²) in [5, 5.41) is 38.2. The molecule has 7 N–H and O–H groups in total. The zero-order valence-corrected chi connectivity index (χ0v) is 24.9. The molecule has 2 atom stereocenters. The summed E-state index contributed by atoms with van der Waals surface area (Å²) in [5.74, 6) is -2.23. The molecule has 0 aromatic carbocycles. The van der Waals surface area contributed by atoms with Crippen molar-refractivity contribution in [2.24, 2.45) is 11.8 Å². The summed E-state index contributed by atoms with van der Waals surface area (Å²) in [6.45, 7) is 15.9. The largest absolute Gasteiger partial charge is 0.512 e. The average Bonchev–Trinajstić information content (AvgIpc) is 3.59. The molecule has 5 rings (SSSR count). The van der Waals surface area contributed by atoms with Gasteiger partial charge < -0.3 is 35.9 Å². The summed E-state index contributed by atoms with van der Waals surface area (Å²) in [4.78, 5) is 30.1. The summed E-state index contributed by atoms with van der Waals surface area (Å²) < 4.78 is 0. The van der Waals surface area contributed by atoms with Gasteiger partial charge in [-0.05, 0) is 98.2 Å². The molecule has 0 radical (unpaired) electrons. The van der Waals surface area contributed by atoms with Crippen molar-refractivity contribution in [1.29, 1.82) is 0 Å². The van der Waals surface area contributed by atoms with E-state index >= 15 is 0 Å². The molecule has 0 unspecified atom stereocenters. The van der Waals surface area contributed by atoms with Crippen LogP contribution in [0.3, 0.4) is 0 Å². The monoisotopic (exact) mass is 582 g/mol. The number of aliphatic hydroxyl groups excluding tert-OH is 1. The van der Waals surface area contributed by atoms with Crippen LogP contribution in [0.4, 0.5) is 0 Å². The normalized spacial score (nSPS) is 19.2. The molecule has 0 spiro atoms. The van der Waals surface area contributed by atoms with Crippen LogP contribution in [-0.2, 0) is 22.4 Å². The van der Waals surface area contributed by atoms with Gasteiger partial charge in [0.15, 0.2) is 0 Å². The average molecular weight is 583 g/mol. The molecule has 2 aromatic heterocycles. The van der Waals surface area contributed by atoms with Crippen LogP contribution >= 0.6 is 0 Å². The van der Waals surface area contributed by atoms with Crippen molar-refractivity contribution in [3.63, 3.8) is 0 Å². The van der Waals surface area contributed by atoms with Gasteiger partial charge in [0.25, 0.3) is 0 Å². The van der Waals surface area contributed by atoms with Gasteiger partial charge in [-0.3, -0.25) is 9.59 Å². The second kappa shape index (κ2) is 11.4. The predicted molar refractivity (Wildman–Crippen MR) is 167 cm³/mol. The minimum Gasteiger partial charge on any atom is -0.512 e. The fraction of sp³-hybridized carbons (Fsp3) is 0.294. The van der Waals surface area contributed by atoms with Gasteiger partial charge in [-0.25, -0.2) is 0 Å². The lowest BCUT2D eigenvalue weighted by Crippen LogP contribution is -2.16. The molecule has 5 heterocycles. The molecule has 9 heteroatoms. The van der Waals surface area contributed by atoms with E-state index in [1.807, 2.05) is 58.1 Å². The van der Waals surface area contributed by atoms with Crippen molar-refractivity contribution in [2.75, 3.05) is 0 Å². The summed E-state index contributed by atoms with van der Waals surface area (Å²) in [5.41, 5.74) is 10.6. The Morgan fingerprint density at radius 2 is 1.40 bits per heavy atom. The van der Waals surface area contributed by atoms with E-state index in [4.69, 9.17) is 0 Å². The fourth-order valence-electron chi connectivity index (χ4n) is 6.33. The minimum atomic E-state index is -0.888. The van der Waals surface area contributed by atoms with E-state index in [2.05, 4.69) is 33.8 Å². The predicted octanol–water partition coefficient (Wildman–Crippen LogP) is 4.09. The minimum absolute atomic E-state index is 0.0213. The molecule has 8 bridgehead atoms. The van der Waals surface area contributed by atoms with Crippen molar-refractivity contribution in [3.05, 3.63) is 109 Å². The molecule has 0 amide bonds. The maximum absolute atomic E-state index is 11.5. The van der Waals surface area contributed by atoms with Gasteiger partial charge in [0.05, 0.1) is 11.7 Å². The molecule has 0 fully saturated rings. The highest BCUT2D eigenvalue weighted by Gasteiger charge is 2.31. The highest BCUT2D eigenvalue weighted by molar-refractivity contribution is 5.70. The first-order chi connectivity index (χ1) is 20.4. The van der Waals surface area contributed by atoms with E-state index < -0.39 is 17.9 Å². The Hall–Kier alpha value is -4.92. The quantitative estimate of drug-likeness (QED) is 0.183. The number of aliphatic carboxylic acids is 2. The molecule has 224 valence electrons. The molecule has 9 nitrogen and oxygen atoms in total. The second-order valence-corrected chi connectivity index (χ2v) is 11.5. The number of carbonyl (C=O) groups is 2. The van der Waals surface area contributed by atoms with Crippen LogP contribution in [0.25, 0.3) is 18.2 Å². The third-order valence-corrected chi connectivity index (χ3v) is 8.78. The third-order valence-electron chi connectivity index (χ3n) is 8.78. The zero-order chi connectivity index (χ0) is 31.2. The lowest BCUT2D eigenvalue weighted by molar-refractivity contribution is -0.138. The van der Waals surface area contributed by atoms with Crippen molar-refractivity contribution >= 4 is 30.2 Å². The highest BCUT2D eigenvalue weighted by Crippen LogP contribution is 2.37. The maximum Gasteiger partial charge on any atom is 0.303 e. The first-order valence-electron chi connectivity index (χ1n) is 14.3. The molecule has 0 aliphatic carbocycles. The molecular formula is C34H38N4O5.